The van der Waals surface area contributed by atoms with Gasteiger partial charge in [-0.15, -0.1) is 5.10 Å². The van der Waals surface area contributed by atoms with E-state index in [1.807, 2.05) is 55.5 Å². The molecule has 6 nitrogen and oxygen atoms in total. The molecule has 124 valence electrons. The highest BCUT2D eigenvalue weighted by Gasteiger charge is 2.15. The number of nitrogens with zero attached hydrogens (tertiary/aromatic N) is 3. The van der Waals surface area contributed by atoms with Crippen molar-refractivity contribution < 1.29 is 9.21 Å². The van der Waals surface area contributed by atoms with Crippen LogP contribution in [0.25, 0.3) is 22.6 Å². The molecule has 2 aromatic carbocycles. The van der Waals surface area contributed by atoms with Crippen molar-refractivity contribution in [3.63, 3.8) is 0 Å². The number of carbonyl (C=O) groups is 1. The average Bonchev–Trinajstić information content (AvgIpc) is 3.28. The van der Waals surface area contributed by atoms with Gasteiger partial charge in [0, 0.05) is 11.3 Å². The van der Waals surface area contributed by atoms with Crippen LogP contribution in [0.3, 0.4) is 0 Å². The first-order valence-corrected chi connectivity index (χ1v) is 8.60. The molecule has 4 aromatic rings. The van der Waals surface area contributed by atoms with E-state index >= 15 is 0 Å². The number of anilines is 1. The largest absolute Gasteiger partial charge is 0.436 e. The number of nitrogens with one attached hydrogen (secondary N) is 1. The van der Waals surface area contributed by atoms with Gasteiger partial charge in [-0.05, 0) is 54.4 Å². The lowest BCUT2D eigenvalue weighted by Crippen LogP contribution is -2.12. The van der Waals surface area contributed by atoms with Crippen molar-refractivity contribution >= 4 is 34.2 Å². The van der Waals surface area contributed by atoms with Crippen LogP contribution in [0, 0.1) is 0 Å². The fraction of sp³-hybridized carbons (Fsp3) is 0.111. The van der Waals surface area contributed by atoms with Gasteiger partial charge in [-0.3, -0.25) is 4.79 Å². The number of hydrogen-bond acceptors (Lipinski definition) is 6. The van der Waals surface area contributed by atoms with Crippen LogP contribution in [-0.4, -0.2) is 20.5 Å². The van der Waals surface area contributed by atoms with Gasteiger partial charge in [0.15, 0.2) is 5.58 Å². The lowest BCUT2D eigenvalue weighted by molar-refractivity contribution is 0.102. The number of aryl methyl sites for hydroxylation is 1. The maximum atomic E-state index is 12.3. The van der Waals surface area contributed by atoms with E-state index in [9.17, 15) is 4.79 Å². The molecule has 0 atom stereocenters. The first-order valence-electron chi connectivity index (χ1n) is 7.83. The molecular weight excluding hydrogens is 336 g/mol. The molecule has 4 rings (SSSR count). The Morgan fingerprint density at radius 2 is 1.96 bits per heavy atom. The molecule has 7 heteroatoms. The summed E-state index contributed by atoms with van der Waals surface area (Å²) in [6.07, 6.45) is 0.677. The molecule has 0 saturated heterocycles. The lowest BCUT2D eigenvalue weighted by Gasteiger charge is -2.04. The molecule has 0 aliphatic rings. The Labute approximate surface area is 147 Å². The Morgan fingerprint density at radius 3 is 2.72 bits per heavy atom. The summed E-state index contributed by atoms with van der Waals surface area (Å²) in [5.74, 6) is 0.362. The van der Waals surface area contributed by atoms with Gasteiger partial charge in [-0.25, -0.2) is 4.98 Å². The molecule has 0 radical (unpaired) electrons. The molecule has 2 aromatic heterocycles. The predicted octanol–water partition coefficient (Wildman–Crippen LogP) is 4.16. The van der Waals surface area contributed by atoms with Crippen molar-refractivity contribution in [3.8, 4) is 11.5 Å². The van der Waals surface area contributed by atoms with Gasteiger partial charge in [-0.1, -0.05) is 23.5 Å². The minimum atomic E-state index is -0.193. The van der Waals surface area contributed by atoms with Crippen LogP contribution in [0.5, 0.6) is 0 Å². The van der Waals surface area contributed by atoms with E-state index in [1.54, 1.807) is 0 Å². The Morgan fingerprint density at radius 1 is 1.16 bits per heavy atom. The molecule has 1 amide bonds. The molecule has 1 N–H and O–H groups in total. The molecule has 0 saturated carbocycles. The highest BCUT2D eigenvalue weighted by Crippen LogP contribution is 2.25. The Kier molecular flexibility index (Phi) is 3.99. The van der Waals surface area contributed by atoms with Crippen LogP contribution >= 0.6 is 11.5 Å². The maximum absolute atomic E-state index is 12.3. The summed E-state index contributed by atoms with van der Waals surface area (Å²) in [4.78, 5) is 17.3. The van der Waals surface area contributed by atoms with Gasteiger partial charge in [0.05, 0.1) is 5.69 Å². The number of rotatable bonds is 4. The summed E-state index contributed by atoms with van der Waals surface area (Å²) in [7, 11) is 0. The van der Waals surface area contributed by atoms with E-state index in [-0.39, 0.29) is 5.91 Å². The van der Waals surface area contributed by atoms with Crippen LogP contribution in [0.2, 0.25) is 0 Å². The van der Waals surface area contributed by atoms with Crippen molar-refractivity contribution in [3.05, 3.63) is 59.1 Å². The van der Waals surface area contributed by atoms with E-state index in [0.717, 1.165) is 28.2 Å². The minimum Gasteiger partial charge on any atom is -0.436 e. The van der Waals surface area contributed by atoms with Gasteiger partial charge in [0.1, 0.15) is 10.4 Å². The number of carbonyl (C=O) groups excluding carboxylic acids is 1. The van der Waals surface area contributed by atoms with Crippen molar-refractivity contribution in [1.29, 1.82) is 0 Å². The summed E-state index contributed by atoms with van der Waals surface area (Å²) in [5.41, 5.74) is 3.83. The number of aromatic nitrogens is 3. The second kappa shape index (κ2) is 6.45. The first kappa shape index (κ1) is 15.5. The molecule has 0 spiro atoms. The Hall–Kier alpha value is -3.06. The first-order chi connectivity index (χ1) is 12.2. The highest BCUT2D eigenvalue weighted by atomic mass is 32.1. The maximum Gasteiger partial charge on any atom is 0.269 e. The fourth-order valence-corrected chi connectivity index (χ4v) is 3.14. The third-order valence-electron chi connectivity index (χ3n) is 3.78. The predicted molar refractivity (Wildman–Crippen MR) is 96.7 cm³/mol. The van der Waals surface area contributed by atoms with Crippen LogP contribution in [-0.2, 0) is 6.42 Å². The standard InChI is InChI=1S/C18H14N4O2S/c1-2-13-16(25-22-21-13)17(23)19-12-9-7-11(8-10-12)18-20-14-5-3-4-6-15(14)24-18/h3-10H,2H2,1H3,(H,19,23). The van der Waals surface area contributed by atoms with Gasteiger partial charge in [-0.2, -0.15) is 0 Å². The number of hydrogen-bond donors (Lipinski definition) is 1. The third-order valence-corrected chi connectivity index (χ3v) is 4.55. The summed E-state index contributed by atoms with van der Waals surface area (Å²) >= 11 is 1.11. The van der Waals surface area contributed by atoms with Crippen LogP contribution < -0.4 is 5.32 Å². The second-order valence-electron chi connectivity index (χ2n) is 5.42. The highest BCUT2D eigenvalue weighted by molar-refractivity contribution is 7.08. The van der Waals surface area contributed by atoms with E-state index in [0.29, 0.717) is 28.6 Å². The SMILES string of the molecule is CCc1nnsc1C(=O)Nc1ccc(-c2nc3ccccc3o2)cc1. The monoisotopic (exact) mass is 350 g/mol. The Balaban J connectivity index is 1.54. The van der Waals surface area contributed by atoms with Crippen molar-refractivity contribution in [2.45, 2.75) is 13.3 Å². The van der Waals surface area contributed by atoms with Crippen molar-refractivity contribution in [2.24, 2.45) is 0 Å². The molecule has 0 aliphatic carbocycles. The summed E-state index contributed by atoms with van der Waals surface area (Å²) in [5, 5.41) is 6.82. The van der Waals surface area contributed by atoms with E-state index in [4.69, 9.17) is 4.42 Å². The summed E-state index contributed by atoms with van der Waals surface area (Å²) in [6.45, 7) is 1.95. The summed E-state index contributed by atoms with van der Waals surface area (Å²) in [6, 6.07) is 15.0. The molecule has 0 aliphatic heterocycles. The zero-order valence-electron chi connectivity index (χ0n) is 13.4. The average molecular weight is 350 g/mol. The van der Waals surface area contributed by atoms with E-state index < -0.39 is 0 Å². The van der Waals surface area contributed by atoms with Gasteiger partial charge >= 0.3 is 0 Å². The van der Waals surface area contributed by atoms with Crippen molar-refractivity contribution in [2.75, 3.05) is 5.32 Å². The zero-order valence-corrected chi connectivity index (χ0v) is 14.2. The van der Waals surface area contributed by atoms with Gasteiger partial charge in [0.2, 0.25) is 5.89 Å². The molecule has 2 heterocycles. The van der Waals surface area contributed by atoms with Crippen LogP contribution in [0.15, 0.2) is 52.9 Å². The second-order valence-corrected chi connectivity index (χ2v) is 6.17. The molecule has 0 unspecified atom stereocenters. The quantitative estimate of drug-likeness (QED) is 0.598. The van der Waals surface area contributed by atoms with Gasteiger partial charge in [0.25, 0.3) is 5.91 Å². The lowest BCUT2D eigenvalue weighted by atomic mass is 10.2. The molecular formula is C18H14N4O2S. The van der Waals surface area contributed by atoms with E-state index in [1.165, 1.54) is 0 Å². The molecule has 25 heavy (non-hydrogen) atoms. The topological polar surface area (TPSA) is 80.9 Å². The third kappa shape index (κ3) is 3.01. The van der Waals surface area contributed by atoms with Crippen LogP contribution in [0.4, 0.5) is 5.69 Å². The smallest absolute Gasteiger partial charge is 0.269 e. The Bertz CT molecular complexity index is 1000. The number of para-hydroxylation sites is 2. The number of oxazole rings is 1. The van der Waals surface area contributed by atoms with E-state index in [2.05, 4.69) is 19.9 Å². The van der Waals surface area contributed by atoms with Crippen LogP contribution in [0.1, 0.15) is 22.3 Å². The fourth-order valence-electron chi connectivity index (χ4n) is 2.49. The van der Waals surface area contributed by atoms with Crippen molar-refractivity contribution in [1.82, 2.24) is 14.6 Å². The number of benzene rings is 2. The minimum absolute atomic E-state index is 0.193. The summed E-state index contributed by atoms with van der Waals surface area (Å²) < 4.78 is 9.59. The van der Waals surface area contributed by atoms with Gasteiger partial charge < -0.3 is 9.73 Å². The molecule has 0 fully saturated rings. The number of amides is 1. The zero-order chi connectivity index (χ0) is 17.2. The number of fused-ring (bicyclic) bond motifs is 1. The normalized spacial score (nSPS) is 10.9. The molecule has 0 bridgehead atoms.